The van der Waals surface area contributed by atoms with E-state index >= 15 is 0 Å². The molecular formula is C29H39N5O5. The number of benzene rings is 2. The fourth-order valence-electron chi connectivity index (χ4n) is 4.79. The van der Waals surface area contributed by atoms with Crippen LogP contribution in [0.1, 0.15) is 43.2 Å². The predicted molar refractivity (Wildman–Crippen MR) is 147 cm³/mol. The molecule has 210 valence electrons. The van der Waals surface area contributed by atoms with Crippen LogP contribution in [0.25, 0.3) is 0 Å². The number of hydrogen-bond donors (Lipinski definition) is 5. The first-order valence-electron chi connectivity index (χ1n) is 13.5. The van der Waals surface area contributed by atoms with Gasteiger partial charge in [0.2, 0.25) is 17.7 Å². The van der Waals surface area contributed by atoms with Gasteiger partial charge in [-0.05, 0) is 43.4 Å². The van der Waals surface area contributed by atoms with E-state index in [1.165, 1.54) is 4.90 Å². The second-order valence-corrected chi connectivity index (χ2v) is 9.92. The Balaban J connectivity index is 1.73. The van der Waals surface area contributed by atoms with Gasteiger partial charge in [0.15, 0.2) is 0 Å². The lowest BCUT2D eigenvalue weighted by molar-refractivity contribution is -0.144. The molecule has 3 amide bonds. The minimum Gasteiger partial charge on any atom is -0.480 e. The van der Waals surface area contributed by atoms with Crippen LogP contribution in [0.15, 0.2) is 60.7 Å². The summed E-state index contributed by atoms with van der Waals surface area (Å²) >= 11 is 0. The summed E-state index contributed by atoms with van der Waals surface area (Å²) in [7, 11) is 0. The van der Waals surface area contributed by atoms with Gasteiger partial charge in [0.05, 0.1) is 6.04 Å². The SMILES string of the molecule is NCCCCC(N)C(=O)NC(Cc1ccccc1)C(=O)N1CCCC1C(=O)NC(Cc1ccccc1)C(=O)O. The summed E-state index contributed by atoms with van der Waals surface area (Å²) in [5, 5.41) is 15.1. The number of carbonyl (C=O) groups excluding carboxylic acids is 3. The Morgan fingerprint density at radius 1 is 0.897 bits per heavy atom. The quantitative estimate of drug-likeness (QED) is 0.224. The number of carboxylic acids is 1. The van der Waals surface area contributed by atoms with Gasteiger partial charge < -0.3 is 32.1 Å². The molecular weight excluding hydrogens is 498 g/mol. The van der Waals surface area contributed by atoms with Gasteiger partial charge in [-0.2, -0.15) is 0 Å². The van der Waals surface area contributed by atoms with Crippen LogP contribution in [0.3, 0.4) is 0 Å². The Morgan fingerprint density at radius 3 is 2.05 bits per heavy atom. The van der Waals surface area contributed by atoms with E-state index < -0.39 is 47.9 Å². The normalized spacial score (nSPS) is 17.2. The van der Waals surface area contributed by atoms with Crippen LogP contribution in [0, 0.1) is 0 Å². The highest BCUT2D eigenvalue weighted by Crippen LogP contribution is 2.20. The number of nitrogens with zero attached hydrogens (tertiary/aromatic N) is 1. The molecule has 1 saturated heterocycles. The monoisotopic (exact) mass is 537 g/mol. The summed E-state index contributed by atoms with van der Waals surface area (Å²) < 4.78 is 0. The molecule has 1 fully saturated rings. The second kappa shape index (κ2) is 15.0. The summed E-state index contributed by atoms with van der Waals surface area (Å²) in [6.07, 6.45) is 3.24. The number of likely N-dealkylation sites (tertiary alicyclic amines) is 1. The summed E-state index contributed by atoms with van der Waals surface area (Å²) in [5.74, 6) is -2.50. The van der Waals surface area contributed by atoms with Crippen LogP contribution in [-0.4, -0.2) is 71.0 Å². The van der Waals surface area contributed by atoms with E-state index in [1.807, 2.05) is 36.4 Å². The minimum absolute atomic E-state index is 0.122. The van der Waals surface area contributed by atoms with Gasteiger partial charge in [0.1, 0.15) is 18.1 Å². The Kier molecular flexibility index (Phi) is 11.4. The number of carboxylic acid groups (broad SMARTS) is 1. The maximum atomic E-state index is 13.8. The summed E-state index contributed by atoms with van der Waals surface area (Å²) in [5.41, 5.74) is 13.2. The lowest BCUT2D eigenvalue weighted by atomic mass is 10.0. The molecule has 39 heavy (non-hydrogen) atoms. The highest BCUT2D eigenvalue weighted by atomic mass is 16.4. The zero-order valence-electron chi connectivity index (χ0n) is 22.1. The van der Waals surface area contributed by atoms with Crippen molar-refractivity contribution in [2.24, 2.45) is 11.5 Å². The molecule has 2 aromatic rings. The average molecular weight is 538 g/mol. The van der Waals surface area contributed by atoms with Crippen LogP contribution in [0.2, 0.25) is 0 Å². The molecule has 0 radical (unpaired) electrons. The Hall–Kier alpha value is -3.76. The Morgan fingerprint density at radius 2 is 1.49 bits per heavy atom. The first-order valence-corrected chi connectivity index (χ1v) is 13.5. The Labute approximate surface area is 229 Å². The molecule has 2 aromatic carbocycles. The number of carbonyl (C=O) groups is 4. The molecule has 4 unspecified atom stereocenters. The highest BCUT2D eigenvalue weighted by molar-refractivity contribution is 5.94. The van der Waals surface area contributed by atoms with Crippen LogP contribution >= 0.6 is 0 Å². The lowest BCUT2D eigenvalue weighted by Gasteiger charge is -2.30. The van der Waals surface area contributed by atoms with Crippen molar-refractivity contribution in [1.29, 1.82) is 0 Å². The number of nitrogens with one attached hydrogen (secondary N) is 2. The predicted octanol–water partition coefficient (Wildman–Crippen LogP) is 0.973. The third-order valence-electron chi connectivity index (χ3n) is 6.94. The molecule has 3 rings (SSSR count). The zero-order valence-corrected chi connectivity index (χ0v) is 22.1. The van der Waals surface area contributed by atoms with Gasteiger partial charge in [0.25, 0.3) is 0 Å². The number of aliphatic carboxylic acids is 1. The fraction of sp³-hybridized carbons (Fsp3) is 0.448. The summed E-state index contributed by atoms with van der Waals surface area (Å²) in [6, 6.07) is 14.7. The molecule has 7 N–H and O–H groups in total. The van der Waals surface area contributed by atoms with Crippen molar-refractivity contribution in [2.75, 3.05) is 13.1 Å². The van der Waals surface area contributed by atoms with Crippen molar-refractivity contribution < 1.29 is 24.3 Å². The van der Waals surface area contributed by atoms with E-state index in [1.54, 1.807) is 24.3 Å². The molecule has 1 aliphatic heterocycles. The van der Waals surface area contributed by atoms with E-state index in [2.05, 4.69) is 10.6 Å². The molecule has 1 aliphatic rings. The van der Waals surface area contributed by atoms with Crippen LogP contribution < -0.4 is 22.1 Å². The van der Waals surface area contributed by atoms with E-state index in [0.717, 1.165) is 17.5 Å². The van der Waals surface area contributed by atoms with Gasteiger partial charge >= 0.3 is 5.97 Å². The van der Waals surface area contributed by atoms with Gasteiger partial charge in [-0.25, -0.2) is 4.79 Å². The maximum absolute atomic E-state index is 13.8. The Bertz CT molecular complexity index is 1100. The standard InChI is InChI=1S/C29H39N5O5/c30-16-8-7-14-22(31)26(35)32-23(18-20-10-3-1-4-11-20)28(37)34-17-9-15-25(34)27(36)33-24(29(38)39)19-21-12-5-2-6-13-21/h1-6,10-13,22-25H,7-9,14-19,30-31H2,(H,32,35)(H,33,36)(H,38,39). The third-order valence-corrected chi connectivity index (χ3v) is 6.94. The number of unbranched alkanes of at least 4 members (excludes halogenated alkanes) is 1. The van der Waals surface area contributed by atoms with Crippen LogP contribution in [-0.2, 0) is 32.0 Å². The van der Waals surface area contributed by atoms with E-state index in [4.69, 9.17) is 11.5 Å². The number of amides is 3. The first kappa shape index (κ1) is 29.8. The number of rotatable bonds is 14. The van der Waals surface area contributed by atoms with E-state index in [0.29, 0.717) is 38.8 Å². The van der Waals surface area contributed by atoms with Crippen molar-refractivity contribution >= 4 is 23.7 Å². The number of hydrogen-bond acceptors (Lipinski definition) is 6. The van der Waals surface area contributed by atoms with Crippen molar-refractivity contribution in [1.82, 2.24) is 15.5 Å². The van der Waals surface area contributed by atoms with Crippen LogP contribution in [0.4, 0.5) is 0 Å². The molecule has 0 aromatic heterocycles. The summed E-state index contributed by atoms with van der Waals surface area (Å²) in [4.78, 5) is 53.2. The van der Waals surface area contributed by atoms with Crippen molar-refractivity contribution in [3.63, 3.8) is 0 Å². The topological polar surface area (TPSA) is 168 Å². The third kappa shape index (κ3) is 8.90. The van der Waals surface area contributed by atoms with Gasteiger partial charge in [-0.1, -0.05) is 67.1 Å². The fourth-order valence-corrected chi connectivity index (χ4v) is 4.79. The first-order chi connectivity index (χ1) is 18.8. The average Bonchev–Trinajstić information content (AvgIpc) is 3.43. The number of nitrogens with two attached hydrogens (primary N) is 2. The van der Waals surface area contributed by atoms with Crippen molar-refractivity contribution in [3.05, 3.63) is 71.8 Å². The van der Waals surface area contributed by atoms with Gasteiger partial charge in [-0.3, -0.25) is 14.4 Å². The van der Waals surface area contributed by atoms with Gasteiger partial charge in [-0.15, -0.1) is 0 Å². The summed E-state index contributed by atoms with van der Waals surface area (Å²) in [6.45, 7) is 0.840. The maximum Gasteiger partial charge on any atom is 0.326 e. The van der Waals surface area contributed by atoms with Crippen molar-refractivity contribution in [3.8, 4) is 0 Å². The molecule has 10 nitrogen and oxygen atoms in total. The highest BCUT2D eigenvalue weighted by Gasteiger charge is 2.39. The van der Waals surface area contributed by atoms with Gasteiger partial charge in [0, 0.05) is 19.4 Å². The molecule has 0 aliphatic carbocycles. The molecule has 10 heteroatoms. The van der Waals surface area contributed by atoms with Crippen molar-refractivity contribution in [2.45, 2.75) is 69.1 Å². The van der Waals surface area contributed by atoms with E-state index in [9.17, 15) is 24.3 Å². The molecule has 0 saturated carbocycles. The van der Waals surface area contributed by atoms with E-state index in [-0.39, 0.29) is 12.8 Å². The molecule has 1 heterocycles. The molecule has 0 spiro atoms. The lowest BCUT2D eigenvalue weighted by Crippen LogP contribution is -2.57. The largest absolute Gasteiger partial charge is 0.480 e. The zero-order chi connectivity index (χ0) is 28.2. The second-order valence-electron chi connectivity index (χ2n) is 9.92. The smallest absolute Gasteiger partial charge is 0.326 e. The molecule has 0 bridgehead atoms. The van der Waals surface area contributed by atoms with Crippen LogP contribution in [0.5, 0.6) is 0 Å². The minimum atomic E-state index is -1.15. The molecule has 4 atom stereocenters.